The van der Waals surface area contributed by atoms with Gasteiger partial charge >= 0.3 is 0 Å². The van der Waals surface area contributed by atoms with Crippen LogP contribution in [0.4, 0.5) is 11.4 Å². The van der Waals surface area contributed by atoms with Gasteiger partial charge in [0.05, 0.1) is 37.8 Å². The van der Waals surface area contributed by atoms with Crippen molar-refractivity contribution in [3.05, 3.63) is 68.2 Å². The summed E-state index contributed by atoms with van der Waals surface area (Å²) in [6.45, 7) is 3.57. The number of nitro benzene ring substituents is 1. The van der Waals surface area contributed by atoms with Crippen LogP contribution in [0.2, 0.25) is 5.02 Å². The van der Waals surface area contributed by atoms with E-state index in [4.69, 9.17) is 11.6 Å². The van der Waals surface area contributed by atoms with Crippen molar-refractivity contribution in [3.8, 4) is 0 Å². The van der Waals surface area contributed by atoms with E-state index in [9.17, 15) is 28.1 Å². The molecule has 0 aliphatic heterocycles. The molecule has 1 aromatic heterocycles. The number of carbonyl (C=O) groups excluding carboxylic acids is 1. The molecule has 1 heterocycles. The lowest BCUT2D eigenvalue weighted by Crippen LogP contribution is -2.31. The second-order valence-corrected chi connectivity index (χ2v) is 9.26. The van der Waals surface area contributed by atoms with E-state index in [2.05, 4.69) is 10.3 Å². The molecule has 0 spiro atoms. The van der Waals surface area contributed by atoms with Crippen molar-refractivity contribution in [1.29, 1.82) is 0 Å². The van der Waals surface area contributed by atoms with Crippen LogP contribution in [0.25, 0.3) is 10.9 Å². The highest BCUT2D eigenvalue weighted by molar-refractivity contribution is 7.89. The summed E-state index contributed by atoms with van der Waals surface area (Å²) >= 11 is 6.13. The Kier molecular flexibility index (Phi) is 7.10. The van der Waals surface area contributed by atoms with E-state index >= 15 is 0 Å². The molecule has 13 heteroatoms. The first kappa shape index (κ1) is 24.3. The van der Waals surface area contributed by atoms with Crippen LogP contribution >= 0.6 is 11.6 Å². The number of halogens is 1. The number of carbonyl (C=O) groups is 1. The number of benzene rings is 2. The number of hydrogen-bond acceptors (Lipinski definition) is 7. The third kappa shape index (κ3) is 5.02. The van der Waals surface area contributed by atoms with Gasteiger partial charge in [0.15, 0.2) is 0 Å². The minimum atomic E-state index is -3.77. The first-order valence-corrected chi connectivity index (χ1v) is 11.6. The van der Waals surface area contributed by atoms with Crippen LogP contribution in [-0.2, 0) is 21.4 Å². The van der Waals surface area contributed by atoms with Gasteiger partial charge in [-0.15, -0.1) is 0 Å². The lowest BCUT2D eigenvalue weighted by Gasteiger charge is -2.19. The molecule has 174 valence electrons. The summed E-state index contributed by atoms with van der Waals surface area (Å²) in [5.74, 6) is -0.639. The van der Waals surface area contributed by atoms with Crippen molar-refractivity contribution in [2.24, 2.45) is 0 Å². The van der Waals surface area contributed by atoms with Gasteiger partial charge in [-0.1, -0.05) is 25.4 Å². The molecule has 0 aliphatic carbocycles. The maximum atomic E-state index is 12.7. The highest BCUT2D eigenvalue weighted by Gasteiger charge is 2.23. The van der Waals surface area contributed by atoms with Crippen molar-refractivity contribution in [2.45, 2.75) is 25.3 Å². The van der Waals surface area contributed by atoms with E-state index in [-0.39, 0.29) is 45.3 Å². The molecular formula is C20H20ClN5O6S. The Balaban J connectivity index is 1.86. The summed E-state index contributed by atoms with van der Waals surface area (Å²) < 4.78 is 27.8. The Hall–Kier alpha value is -3.35. The number of amides is 1. The molecule has 0 saturated heterocycles. The van der Waals surface area contributed by atoms with Crippen LogP contribution in [0.5, 0.6) is 0 Å². The van der Waals surface area contributed by atoms with Crippen LogP contribution in [0, 0.1) is 10.1 Å². The fourth-order valence-electron chi connectivity index (χ4n) is 3.19. The van der Waals surface area contributed by atoms with E-state index in [1.54, 1.807) is 13.8 Å². The summed E-state index contributed by atoms with van der Waals surface area (Å²) in [6, 6.07) is 7.59. The molecule has 2 aromatic carbocycles. The quantitative estimate of drug-likeness (QED) is 0.375. The number of hydrogen-bond donors (Lipinski definition) is 1. The molecule has 0 radical (unpaired) electrons. The number of anilines is 1. The third-order valence-electron chi connectivity index (χ3n) is 4.89. The molecule has 0 aliphatic rings. The molecule has 1 N–H and O–H groups in total. The second kappa shape index (κ2) is 9.65. The maximum absolute atomic E-state index is 12.7. The molecule has 3 aromatic rings. The maximum Gasteiger partial charge on any atom is 0.271 e. The normalized spacial score (nSPS) is 11.6. The molecule has 11 nitrogen and oxygen atoms in total. The average molecular weight is 494 g/mol. The van der Waals surface area contributed by atoms with E-state index in [0.29, 0.717) is 0 Å². The van der Waals surface area contributed by atoms with Gasteiger partial charge in [0.25, 0.3) is 11.2 Å². The molecule has 1 amide bonds. The molecular weight excluding hydrogens is 474 g/mol. The first-order chi connectivity index (χ1) is 15.6. The van der Waals surface area contributed by atoms with Gasteiger partial charge in [-0.25, -0.2) is 13.4 Å². The van der Waals surface area contributed by atoms with E-state index in [1.807, 2.05) is 0 Å². The molecule has 0 unspecified atom stereocenters. The summed E-state index contributed by atoms with van der Waals surface area (Å²) in [6.07, 6.45) is 1.11. The fourth-order valence-corrected chi connectivity index (χ4v) is 4.84. The summed E-state index contributed by atoms with van der Waals surface area (Å²) in [7, 11) is -3.77. The molecule has 3 rings (SSSR count). The summed E-state index contributed by atoms with van der Waals surface area (Å²) in [5.41, 5.74) is -0.566. The van der Waals surface area contributed by atoms with E-state index < -0.39 is 33.0 Å². The van der Waals surface area contributed by atoms with Crippen molar-refractivity contribution in [2.75, 3.05) is 18.4 Å². The van der Waals surface area contributed by atoms with E-state index in [1.165, 1.54) is 40.7 Å². The van der Waals surface area contributed by atoms with Crippen molar-refractivity contribution >= 4 is 49.8 Å². The number of rotatable bonds is 8. The fraction of sp³-hybridized carbons (Fsp3) is 0.250. The lowest BCUT2D eigenvalue weighted by atomic mass is 10.2. The lowest BCUT2D eigenvalue weighted by molar-refractivity contribution is -0.384. The van der Waals surface area contributed by atoms with Crippen LogP contribution in [-0.4, -0.2) is 46.2 Å². The zero-order valence-electron chi connectivity index (χ0n) is 17.7. The van der Waals surface area contributed by atoms with E-state index in [0.717, 1.165) is 10.9 Å². The highest BCUT2D eigenvalue weighted by atomic mass is 35.5. The second-order valence-electron chi connectivity index (χ2n) is 6.92. The highest BCUT2D eigenvalue weighted by Crippen LogP contribution is 2.27. The Morgan fingerprint density at radius 1 is 1.21 bits per heavy atom. The van der Waals surface area contributed by atoms with Gasteiger partial charge < -0.3 is 5.32 Å². The number of nitrogens with zero attached hydrogens (tertiary/aromatic N) is 4. The summed E-state index contributed by atoms with van der Waals surface area (Å²) in [5, 5.41) is 13.6. The Labute approximate surface area is 193 Å². The van der Waals surface area contributed by atoms with Crippen molar-refractivity contribution in [3.63, 3.8) is 0 Å². The molecule has 0 saturated carbocycles. The number of aromatic nitrogens is 2. The number of fused-ring (bicyclic) bond motifs is 1. The number of nitro groups is 1. The molecule has 0 atom stereocenters. The predicted octanol–water partition coefficient (Wildman–Crippen LogP) is 2.63. The van der Waals surface area contributed by atoms with Gasteiger partial charge in [0.2, 0.25) is 15.9 Å². The third-order valence-corrected chi connectivity index (χ3v) is 7.26. The first-order valence-electron chi connectivity index (χ1n) is 9.81. The van der Waals surface area contributed by atoms with Crippen LogP contribution in [0.3, 0.4) is 0 Å². The monoisotopic (exact) mass is 493 g/mol. The van der Waals surface area contributed by atoms with Crippen LogP contribution in [0.1, 0.15) is 13.8 Å². The van der Waals surface area contributed by atoms with Gasteiger partial charge in [0.1, 0.15) is 6.54 Å². The standard InChI is InChI=1S/C20H20ClN5O6S/c1-3-25(4-2)33(31,32)14-6-8-16(21)18(10-14)23-19(27)11-24-12-22-17-9-13(26(29)30)5-7-15(17)20(24)28/h5-10,12H,3-4,11H2,1-2H3,(H,23,27). The smallest absolute Gasteiger partial charge is 0.271 e. The SMILES string of the molecule is CCN(CC)S(=O)(=O)c1ccc(Cl)c(NC(=O)Cn2cnc3cc([N+](=O)[O-])ccc3c2=O)c1. The number of non-ortho nitro benzene ring substituents is 1. The van der Waals surface area contributed by atoms with Gasteiger partial charge in [0, 0.05) is 25.2 Å². The van der Waals surface area contributed by atoms with Crippen LogP contribution in [0.15, 0.2) is 52.4 Å². The van der Waals surface area contributed by atoms with Gasteiger partial charge in [-0.3, -0.25) is 24.3 Å². The zero-order valence-corrected chi connectivity index (χ0v) is 19.3. The zero-order chi connectivity index (χ0) is 24.3. The van der Waals surface area contributed by atoms with Crippen molar-refractivity contribution in [1.82, 2.24) is 13.9 Å². The van der Waals surface area contributed by atoms with Gasteiger partial charge in [-0.05, 0) is 24.3 Å². The number of nitrogens with one attached hydrogen (secondary N) is 1. The minimum Gasteiger partial charge on any atom is -0.323 e. The summed E-state index contributed by atoms with van der Waals surface area (Å²) in [4.78, 5) is 39.5. The van der Waals surface area contributed by atoms with Crippen molar-refractivity contribution < 1.29 is 18.1 Å². The Bertz CT molecular complexity index is 1400. The average Bonchev–Trinajstić information content (AvgIpc) is 2.77. The topological polar surface area (TPSA) is 145 Å². The Morgan fingerprint density at radius 2 is 1.91 bits per heavy atom. The van der Waals surface area contributed by atoms with Gasteiger partial charge in [-0.2, -0.15) is 4.31 Å². The molecule has 0 fully saturated rings. The predicted molar refractivity (Wildman–Crippen MR) is 123 cm³/mol. The Morgan fingerprint density at radius 3 is 2.55 bits per heavy atom. The molecule has 0 bridgehead atoms. The number of sulfonamides is 1. The van der Waals surface area contributed by atoms with Crippen LogP contribution < -0.4 is 10.9 Å². The largest absolute Gasteiger partial charge is 0.323 e. The molecule has 33 heavy (non-hydrogen) atoms. The minimum absolute atomic E-state index is 0.0305.